The van der Waals surface area contributed by atoms with Crippen LogP contribution in [0.5, 0.6) is 0 Å². The fourth-order valence-corrected chi connectivity index (χ4v) is 0. The van der Waals surface area contributed by atoms with Crippen LogP contribution in [0.2, 0.25) is 0 Å². The summed E-state index contributed by atoms with van der Waals surface area (Å²) < 4.78 is 0. The molecule has 52 nitrogen and oxygen atoms in total. The van der Waals surface area contributed by atoms with E-state index < -0.39 is 80.0 Å². The van der Waals surface area contributed by atoms with E-state index in [2.05, 4.69) is 63.5 Å². The van der Waals surface area contributed by atoms with Crippen LogP contribution in [0.1, 0.15) is 0 Å². The van der Waals surface area contributed by atoms with E-state index >= 15 is 0 Å². The van der Waals surface area contributed by atoms with Gasteiger partial charge < -0.3 is 66.4 Å². The van der Waals surface area contributed by atoms with E-state index in [0.717, 1.165) is 0 Å². The number of hydrogen-bond acceptors (Lipinski definition) is 39. The predicted molar refractivity (Wildman–Crippen MR) is 203 cm³/mol. The van der Waals surface area contributed by atoms with Gasteiger partial charge in [-0.3, -0.25) is 63.5 Å². The Labute approximate surface area is 540 Å². The first-order chi connectivity index (χ1) is 29.5. The molecule has 26 N–H and O–H groups in total. The molecule has 0 radical (unpaired) electrons. The van der Waals surface area contributed by atoms with Crippen LogP contribution in [-0.2, 0) is 63.5 Å². The molecule has 0 spiro atoms. The minimum atomic E-state index is -1.69. The summed E-state index contributed by atoms with van der Waals surface area (Å²) in [5.41, 5.74) is 0. The molecule has 59 heteroatoms. The molecule has 0 aromatic carbocycles. The van der Waals surface area contributed by atoms with Crippen molar-refractivity contribution in [1.29, 1.82) is 0 Å². The molecule has 0 atom stereocenters. The molecule has 0 aliphatic rings. The summed E-state index contributed by atoms with van der Waals surface area (Å²) in [6.07, 6.45) is -22.0. The molecule has 0 unspecified atom stereocenters. The van der Waals surface area contributed by atoms with E-state index in [-0.39, 0.29) is 207 Å². The molecule has 0 rings (SSSR count). The molecule has 0 saturated carbocycles. The van der Waals surface area contributed by atoms with E-state index in [4.69, 9.17) is 197 Å². The van der Waals surface area contributed by atoms with Gasteiger partial charge in [-0.15, -0.1) is 0 Å². The Kier molecular flexibility index (Phi) is 235. The number of hydrogen-bond donors (Lipinski definition) is 26. The van der Waals surface area contributed by atoms with Gasteiger partial charge in [0.15, 0.2) is 0 Å². The van der Waals surface area contributed by atoms with Gasteiger partial charge in [0.1, 0.15) is 0 Å². The van der Waals surface area contributed by atoms with Crippen molar-refractivity contribution in [2.75, 3.05) is 0 Å². The van der Waals surface area contributed by atoms with Crippen molar-refractivity contribution in [2.24, 2.45) is 0 Å². The quantitative estimate of drug-likeness (QED) is 0.0514. The fourth-order valence-electron chi connectivity index (χ4n) is 0. The SMILES string of the molecule is O=C(O)OO.O=C(O)OO.O=C(O)OO.O=C(O)OO.O=C(O)OO.O=C(O)OO.O=C(O)OO.O=C(O)OO.O=C(O)OO.O=C(O)OO.O=C(O)OO.O=C(O)OO.O=C(O)OO.[NaH].[NaH].[NaH].[NaH].[NaH].[NaH].[NaH]. The minimum absolute atomic E-state index is 0. The van der Waals surface area contributed by atoms with Crippen LogP contribution in [0.3, 0.4) is 0 Å². The molecule has 0 fully saturated rings. The van der Waals surface area contributed by atoms with E-state index in [1.807, 2.05) is 0 Å². The first-order valence-corrected chi connectivity index (χ1v) is 10.6. The van der Waals surface area contributed by atoms with Gasteiger partial charge in [-0.05, 0) is 0 Å². The average molecular weight is 1180 g/mol. The van der Waals surface area contributed by atoms with Crippen molar-refractivity contribution in [3.8, 4) is 0 Å². The van der Waals surface area contributed by atoms with Gasteiger partial charge in [0.05, 0.1) is 0 Å². The molecular formula is C13H33Na7O52. The van der Waals surface area contributed by atoms with Crippen molar-refractivity contribution in [3.63, 3.8) is 0 Å². The number of carbonyl (C=O) groups is 13. The second-order valence-corrected chi connectivity index (χ2v) is 4.64. The molecule has 0 aliphatic heterocycles. The maximum absolute atomic E-state index is 8.90. The Balaban J connectivity index is -0.0000000224. The summed E-state index contributed by atoms with van der Waals surface area (Å²) >= 11 is 0. The molecule has 0 heterocycles. The first kappa shape index (κ1) is 133. The summed E-state index contributed by atoms with van der Waals surface area (Å²) in [6, 6.07) is 0. The topological polar surface area (TPSA) is 868 Å². The van der Waals surface area contributed by atoms with Crippen LogP contribution >= 0.6 is 0 Å². The molecule has 0 aliphatic carbocycles. The standard InChI is InChI=1S/13CH2O4.7Na.7H/c13*2-1(3)5-4;;;;;;;;;;;;;;/h13*4H,(H,2,3);;;;;;;;;;;;;;. The van der Waals surface area contributed by atoms with Crippen molar-refractivity contribution in [3.05, 3.63) is 0 Å². The van der Waals surface area contributed by atoms with E-state index in [9.17, 15) is 0 Å². The normalized spacial score (nSPS) is 5.96. The van der Waals surface area contributed by atoms with Gasteiger partial charge in [-0.2, -0.15) is 68.3 Å². The molecule has 0 bridgehead atoms. The number of rotatable bonds is 0. The fraction of sp³-hybridized carbons (Fsp3) is 0. The Bertz CT molecular complexity index is 876. The third kappa shape index (κ3) is 552. The van der Waals surface area contributed by atoms with Gasteiger partial charge in [0.2, 0.25) is 0 Å². The predicted octanol–water partition coefficient (Wildman–Crippen LogP) is -2.54. The second-order valence-electron chi connectivity index (χ2n) is 4.64. The molecule has 0 amide bonds. The zero-order chi connectivity index (χ0) is 55.7. The van der Waals surface area contributed by atoms with Crippen LogP contribution in [0.25, 0.3) is 0 Å². The van der Waals surface area contributed by atoms with E-state index in [1.54, 1.807) is 0 Å². The third-order valence-electron chi connectivity index (χ3n) is 1.02. The summed E-state index contributed by atoms with van der Waals surface area (Å²) in [4.78, 5) is 150. The van der Waals surface area contributed by atoms with Crippen molar-refractivity contribution < 1.29 is 261 Å². The Morgan fingerprint density at radius 3 is 0.153 bits per heavy atom. The van der Waals surface area contributed by atoms with Gasteiger partial charge in [-0.25, -0.2) is 62.3 Å². The number of carboxylic acid groups (broad SMARTS) is 13. The summed E-state index contributed by atoms with van der Waals surface area (Å²) in [6.45, 7) is 0. The average Bonchev–Trinajstić information content (AvgIpc) is 3.25. The summed E-state index contributed by atoms with van der Waals surface area (Å²) in [7, 11) is 0. The van der Waals surface area contributed by atoms with Gasteiger partial charge in [0.25, 0.3) is 0 Å². The van der Waals surface area contributed by atoms with Crippen LogP contribution in [0.15, 0.2) is 0 Å². The van der Waals surface area contributed by atoms with Crippen LogP contribution in [-0.4, -0.2) is 422 Å². The molecular weight excluding hydrogens is 1150 g/mol. The van der Waals surface area contributed by atoms with Crippen LogP contribution in [0, 0.1) is 0 Å². The van der Waals surface area contributed by atoms with E-state index in [1.165, 1.54) is 0 Å². The monoisotopic (exact) mass is 1180 g/mol. The Morgan fingerprint density at radius 2 is 0.153 bits per heavy atom. The van der Waals surface area contributed by atoms with Gasteiger partial charge >= 0.3 is 287 Å². The van der Waals surface area contributed by atoms with Crippen molar-refractivity contribution in [2.45, 2.75) is 0 Å². The first-order valence-electron chi connectivity index (χ1n) is 10.6. The Morgan fingerprint density at radius 1 is 0.139 bits per heavy atom. The summed E-state index contributed by atoms with van der Waals surface area (Å²) in [5, 5.41) is 186. The van der Waals surface area contributed by atoms with Crippen LogP contribution in [0.4, 0.5) is 62.3 Å². The molecule has 0 aromatic rings. The zero-order valence-electron chi connectivity index (χ0n) is 28.7. The Hall–Kier alpha value is -3.01. The van der Waals surface area contributed by atoms with Crippen molar-refractivity contribution >= 4 is 287 Å². The van der Waals surface area contributed by atoms with Crippen molar-refractivity contribution in [1.82, 2.24) is 0 Å². The molecule has 404 valence electrons. The summed E-state index contributed by atoms with van der Waals surface area (Å²) in [5.74, 6) is 0. The zero-order valence-corrected chi connectivity index (χ0v) is 28.7. The van der Waals surface area contributed by atoms with Gasteiger partial charge in [0, 0.05) is 0 Å². The van der Waals surface area contributed by atoms with E-state index in [0.29, 0.717) is 0 Å². The second kappa shape index (κ2) is 127. The van der Waals surface area contributed by atoms with Crippen LogP contribution < -0.4 is 0 Å². The maximum atomic E-state index is 8.90. The molecule has 72 heavy (non-hydrogen) atoms. The van der Waals surface area contributed by atoms with Gasteiger partial charge in [-0.1, -0.05) is 0 Å². The third-order valence-corrected chi connectivity index (χ3v) is 1.02. The molecule has 0 aromatic heterocycles. The molecule has 0 saturated heterocycles.